The summed E-state index contributed by atoms with van der Waals surface area (Å²) in [5.74, 6) is 3.37. The first-order valence-electron chi connectivity index (χ1n) is 32.0. The molecule has 4 aliphatic rings. The molecular formula is C82H48N12S4. The van der Waals surface area contributed by atoms with Gasteiger partial charge < -0.3 is 4.90 Å². The van der Waals surface area contributed by atoms with Gasteiger partial charge in [-0.2, -0.15) is 9.97 Å². The first-order chi connectivity index (χ1) is 48.6. The van der Waals surface area contributed by atoms with E-state index in [2.05, 4.69) is 175 Å². The number of nitrogens with zero attached hydrogens (tertiary/aromatic N) is 12. The smallest absolute Gasteiger partial charge is 0.238 e. The predicted octanol–water partition coefficient (Wildman–Crippen LogP) is 20.5. The molecule has 98 heavy (non-hydrogen) atoms. The van der Waals surface area contributed by atoms with Gasteiger partial charge in [-0.05, 0) is 187 Å². The number of fused-ring (bicyclic) bond motifs is 20. The van der Waals surface area contributed by atoms with Crippen molar-refractivity contribution in [1.29, 1.82) is 0 Å². The minimum Gasteiger partial charge on any atom is -0.310 e. The van der Waals surface area contributed by atoms with Gasteiger partial charge in [0.2, 0.25) is 5.95 Å². The van der Waals surface area contributed by atoms with Gasteiger partial charge in [-0.15, -0.1) is 45.3 Å². The van der Waals surface area contributed by atoms with Gasteiger partial charge in [0.05, 0.1) is 44.6 Å². The molecule has 2 spiro atoms. The highest BCUT2D eigenvalue weighted by atomic mass is 32.1. The van der Waals surface area contributed by atoms with E-state index < -0.39 is 10.8 Å². The van der Waals surface area contributed by atoms with Crippen molar-refractivity contribution >= 4 is 102 Å². The number of thiophene rings is 4. The molecule has 2 aliphatic carbocycles. The summed E-state index contributed by atoms with van der Waals surface area (Å²) < 4.78 is 0. The summed E-state index contributed by atoms with van der Waals surface area (Å²) in [7, 11) is 0. The number of benzene rings is 7. The topological polar surface area (TPSA) is 135 Å². The molecule has 12 nitrogen and oxygen atoms in total. The zero-order valence-corrected chi connectivity index (χ0v) is 55.0. The maximum absolute atomic E-state index is 5.17. The molecule has 17 aromatic rings. The van der Waals surface area contributed by atoms with Gasteiger partial charge in [-0.25, -0.2) is 19.9 Å². The Hall–Kier alpha value is -11.9. The molecule has 21 rings (SSSR count). The highest BCUT2D eigenvalue weighted by Gasteiger charge is 2.55. The van der Waals surface area contributed by atoms with Crippen molar-refractivity contribution in [2.75, 3.05) is 9.80 Å². The fourth-order valence-corrected chi connectivity index (χ4v) is 19.4. The van der Waals surface area contributed by atoms with Crippen LogP contribution in [0.4, 0.5) is 34.4 Å². The van der Waals surface area contributed by atoms with Crippen molar-refractivity contribution in [3.63, 3.8) is 0 Å². The van der Waals surface area contributed by atoms with Gasteiger partial charge in [0, 0.05) is 77.4 Å². The van der Waals surface area contributed by atoms with E-state index in [0.717, 1.165) is 66.9 Å². The van der Waals surface area contributed by atoms with E-state index in [1.54, 1.807) is 12.4 Å². The number of aromatic nitrogens is 10. The molecule has 7 aromatic carbocycles. The molecule has 10 aromatic heterocycles. The molecule has 2 aliphatic heterocycles. The lowest BCUT2D eigenvalue weighted by Gasteiger charge is -2.44. The molecule has 0 unspecified atom stereocenters. The summed E-state index contributed by atoms with van der Waals surface area (Å²) in [6.45, 7) is 0. The summed E-state index contributed by atoms with van der Waals surface area (Å²) in [4.78, 5) is 58.8. The first kappa shape index (κ1) is 56.4. The number of para-hydroxylation sites is 2. The molecule has 0 saturated heterocycles. The minimum absolute atomic E-state index is 0.433. The van der Waals surface area contributed by atoms with Gasteiger partial charge in [0.25, 0.3) is 0 Å². The Kier molecular flexibility index (Phi) is 12.9. The second-order valence-electron chi connectivity index (χ2n) is 24.3. The van der Waals surface area contributed by atoms with Crippen molar-refractivity contribution in [3.05, 3.63) is 333 Å². The molecule has 16 heteroatoms. The van der Waals surface area contributed by atoms with E-state index in [0.29, 0.717) is 46.5 Å². The van der Waals surface area contributed by atoms with Gasteiger partial charge in [0.1, 0.15) is 11.4 Å². The molecule has 0 bridgehead atoms. The monoisotopic (exact) mass is 1330 g/mol. The zero-order chi connectivity index (χ0) is 64.5. The van der Waals surface area contributed by atoms with E-state index in [9.17, 15) is 0 Å². The first-order valence-corrected chi connectivity index (χ1v) is 35.6. The lowest BCUT2D eigenvalue weighted by Crippen LogP contribution is -2.36. The van der Waals surface area contributed by atoms with Gasteiger partial charge in [0.15, 0.2) is 29.1 Å². The molecule has 0 radical (unpaired) electrons. The average Bonchev–Trinajstić information content (AvgIpc) is 1.46. The number of hydrogen-bond acceptors (Lipinski definition) is 16. The van der Waals surface area contributed by atoms with Crippen LogP contribution in [-0.2, 0) is 10.8 Å². The fourth-order valence-electron chi connectivity index (χ4n) is 15.2. The highest BCUT2D eigenvalue weighted by molar-refractivity contribution is 7.21. The fraction of sp³-hybridized carbons (Fsp3) is 0.0244. The Morgan fingerprint density at radius 2 is 0.653 bits per heavy atom. The Morgan fingerprint density at radius 3 is 1.13 bits per heavy atom. The maximum atomic E-state index is 5.17. The summed E-state index contributed by atoms with van der Waals surface area (Å²) in [6.07, 6.45) is 7.26. The van der Waals surface area contributed by atoms with Crippen LogP contribution in [0.2, 0.25) is 0 Å². The molecule has 0 atom stereocenters. The summed E-state index contributed by atoms with van der Waals surface area (Å²) in [5, 5.41) is 11.2. The molecular weight excluding hydrogens is 1280 g/mol. The van der Waals surface area contributed by atoms with Crippen LogP contribution in [-0.4, -0.2) is 49.8 Å². The molecule has 0 fully saturated rings. The van der Waals surface area contributed by atoms with Crippen molar-refractivity contribution < 1.29 is 0 Å². The second kappa shape index (κ2) is 22.3. The van der Waals surface area contributed by atoms with E-state index >= 15 is 0 Å². The third kappa shape index (κ3) is 8.45. The Balaban J connectivity index is 0.000000134. The lowest BCUT2D eigenvalue weighted by molar-refractivity contribution is 0.754. The van der Waals surface area contributed by atoms with E-state index in [4.69, 9.17) is 39.9 Å². The van der Waals surface area contributed by atoms with Crippen LogP contribution in [0.25, 0.3) is 98.5 Å². The van der Waals surface area contributed by atoms with Crippen molar-refractivity contribution in [1.82, 2.24) is 49.8 Å². The average molecular weight is 1330 g/mol. The van der Waals surface area contributed by atoms with Gasteiger partial charge in [-0.3, -0.25) is 24.8 Å². The van der Waals surface area contributed by atoms with Crippen LogP contribution in [0.5, 0.6) is 0 Å². The minimum atomic E-state index is -0.490. The maximum Gasteiger partial charge on any atom is 0.238 e. The van der Waals surface area contributed by atoms with Crippen molar-refractivity contribution in [2.24, 2.45) is 0 Å². The van der Waals surface area contributed by atoms with Crippen LogP contribution >= 0.6 is 45.3 Å². The standard InChI is InChI=1S/C44H26N6S2.C38H22N6S2/c1-2-9-27(10-3-1)41-47-42(49-43(48-41)35-13-6-7-21-45-35)28-15-17-30(18-16-28)50-37-14-5-4-12-31(37)44(32-19-23-51-39(32)40-33(44)20-24-52-40)34-25-29-11-8-22-46-36(29)26-38(34)50;1-2-9-23(10-3-1)35-41-36(29-13-6-7-17-39-29)43-37(42-35)44-31-14-5-4-12-25(31)38(26-15-19-45-33(26)34-27(38)16-20-46-34)28-21-24-11-8-18-40-30(24)22-32(28)44/h1-26H;1-22H. The van der Waals surface area contributed by atoms with Crippen LogP contribution in [0.3, 0.4) is 0 Å². The summed E-state index contributed by atoms with van der Waals surface area (Å²) in [6, 6.07) is 84.6. The summed E-state index contributed by atoms with van der Waals surface area (Å²) in [5.41, 5.74) is 20.7. The largest absolute Gasteiger partial charge is 0.310 e. The Bertz CT molecular complexity index is 5800. The van der Waals surface area contributed by atoms with Gasteiger partial charge in [-0.1, -0.05) is 121 Å². The Morgan fingerprint density at radius 1 is 0.265 bits per heavy atom. The number of anilines is 6. The SMILES string of the molecule is c1ccc(-c2nc(-c3ccc(N4c5ccccc5C5(c6cc7cccnc7cc64)c4ccsc4-c4sccc45)cc3)nc(-c3ccccn3)n2)cc1.c1ccc(-c2nc(-c3ccccn3)nc(N3c4ccccc4C4(c5cc6cccnc6cc53)c3ccsc3-c3sccc34)n2)cc1. The van der Waals surface area contributed by atoms with E-state index in [1.807, 2.05) is 167 Å². The summed E-state index contributed by atoms with van der Waals surface area (Å²) >= 11 is 7.32. The van der Waals surface area contributed by atoms with E-state index in [1.165, 1.54) is 64.0 Å². The number of hydrogen-bond donors (Lipinski definition) is 0. The molecule has 0 N–H and O–H groups in total. The Labute approximate surface area is 578 Å². The zero-order valence-electron chi connectivity index (χ0n) is 51.7. The van der Waals surface area contributed by atoms with Crippen LogP contribution in [0, 0.1) is 0 Å². The second-order valence-corrected chi connectivity index (χ2v) is 28.0. The predicted molar refractivity (Wildman–Crippen MR) is 396 cm³/mol. The highest BCUT2D eigenvalue weighted by Crippen LogP contribution is 2.68. The third-order valence-electron chi connectivity index (χ3n) is 19.2. The van der Waals surface area contributed by atoms with Gasteiger partial charge >= 0.3 is 0 Å². The lowest BCUT2D eigenvalue weighted by atomic mass is 9.65. The molecule has 0 amide bonds. The molecule has 0 saturated carbocycles. The normalized spacial score (nSPS) is 13.6. The van der Waals surface area contributed by atoms with E-state index in [-0.39, 0.29) is 0 Å². The quantitative estimate of drug-likeness (QED) is 0.150. The molecule has 460 valence electrons. The van der Waals surface area contributed by atoms with Crippen LogP contribution < -0.4 is 9.80 Å². The van der Waals surface area contributed by atoms with Crippen LogP contribution in [0.15, 0.2) is 289 Å². The van der Waals surface area contributed by atoms with Crippen molar-refractivity contribution in [3.8, 4) is 76.7 Å². The number of rotatable bonds is 7. The number of pyridine rings is 4. The van der Waals surface area contributed by atoms with Crippen molar-refractivity contribution in [2.45, 2.75) is 10.8 Å². The molecule has 12 heterocycles. The third-order valence-corrected chi connectivity index (χ3v) is 23.2. The van der Waals surface area contributed by atoms with Crippen LogP contribution in [0.1, 0.15) is 44.5 Å².